The van der Waals surface area contributed by atoms with Crippen molar-refractivity contribution in [1.82, 2.24) is 10.3 Å². The molecular formula is C15H23N3. The van der Waals surface area contributed by atoms with Crippen LogP contribution in [0.2, 0.25) is 0 Å². The highest BCUT2D eigenvalue weighted by atomic mass is 14.9. The molecule has 1 unspecified atom stereocenters. The highest BCUT2D eigenvalue weighted by Crippen LogP contribution is 2.11. The van der Waals surface area contributed by atoms with Crippen LogP contribution in [0, 0.1) is 17.2 Å². The Morgan fingerprint density at radius 3 is 2.94 bits per heavy atom. The normalized spacial score (nSPS) is 12.1. The number of pyridine rings is 1. The molecule has 0 aliphatic carbocycles. The molecule has 18 heavy (non-hydrogen) atoms. The molecule has 1 N–H and O–H groups in total. The van der Waals surface area contributed by atoms with Gasteiger partial charge in [0.05, 0.1) is 0 Å². The largest absolute Gasteiger partial charge is 0.312 e. The van der Waals surface area contributed by atoms with E-state index in [1.807, 2.05) is 12.1 Å². The third-order valence-electron chi connectivity index (χ3n) is 3.24. The molecule has 1 rings (SSSR count). The number of unbranched alkanes of at least 4 members (excludes halogenated alkanes) is 1. The molecular weight excluding hydrogens is 222 g/mol. The van der Waals surface area contributed by atoms with Crippen LogP contribution in [0.3, 0.4) is 0 Å². The number of hydrogen-bond donors (Lipinski definition) is 1. The van der Waals surface area contributed by atoms with E-state index in [9.17, 15) is 0 Å². The Balaban J connectivity index is 2.33. The van der Waals surface area contributed by atoms with E-state index in [0.29, 0.717) is 5.69 Å². The minimum Gasteiger partial charge on any atom is -0.312 e. The van der Waals surface area contributed by atoms with Gasteiger partial charge >= 0.3 is 0 Å². The molecule has 1 aromatic heterocycles. The van der Waals surface area contributed by atoms with Crippen LogP contribution in [0.15, 0.2) is 18.3 Å². The molecule has 0 amide bonds. The van der Waals surface area contributed by atoms with Crippen LogP contribution in [0.5, 0.6) is 0 Å². The fraction of sp³-hybridized carbons (Fsp3) is 0.600. The maximum Gasteiger partial charge on any atom is 0.140 e. The van der Waals surface area contributed by atoms with Crippen LogP contribution in [-0.2, 0) is 6.54 Å². The molecule has 0 saturated heterocycles. The van der Waals surface area contributed by atoms with Crippen molar-refractivity contribution in [2.24, 2.45) is 5.92 Å². The van der Waals surface area contributed by atoms with Gasteiger partial charge in [0.15, 0.2) is 0 Å². The SMILES string of the molecule is CCCCC(CC)CNCc1ccnc(C#N)c1. The van der Waals surface area contributed by atoms with Gasteiger partial charge in [-0.15, -0.1) is 0 Å². The van der Waals surface area contributed by atoms with Crippen LogP contribution >= 0.6 is 0 Å². The lowest BCUT2D eigenvalue weighted by atomic mass is 9.99. The van der Waals surface area contributed by atoms with Crippen molar-refractivity contribution >= 4 is 0 Å². The van der Waals surface area contributed by atoms with Gasteiger partial charge in [-0.25, -0.2) is 4.98 Å². The van der Waals surface area contributed by atoms with Crippen molar-refractivity contribution in [2.75, 3.05) is 6.54 Å². The zero-order valence-corrected chi connectivity index (χ0v) is 11.4. The summed E-state index contributed by atoms with van der Waals surface area (Å²) in [6.07, 6.45) is 6.82. The molecule has 0 saturated carbocycles. The quantitative estimate of drug-likeness (QED) is 0.764. The van der Waals surface area contributed by atoms with E-state index in [1.165, 1.54) is 25.7 Å². The predicted octanol–water partition coefficient (Wildman–Crippen LogP) is 3.26. The van der Waals surface area contributed by atoms with Crippen LogP contribution < -0.4 is 5.32 Å². The maximum atomic E-state index is 8.78. The zero-order valence-electron chi connectivity index (χ0n) is 11.4. The van der Waals surface area contributed by atoms with E-state index in [2.05, 4.69) is 30.2 Å². The minimum absolute atomic E-state index is 0.493. The standard InChI is InChI=1S/C15H23N3/c1-3-5-6-13(4-2)11-17-12-14-7-8-18-15(9-14)10-16/h7-9,13,17H,3-6,11-12H2,1-2H3. The van der Waals surface area contributed by atoms with Crippen LogP contribution in [0.25, 0.3) is 0 Å². The summed E-state index contributed by atoms with van der Waals surface area (Å²) in [5, 5.41) is 12.3. The lowest BCUT2D eigenvalue weighted by Crippen LogP contribution is -2.22. The molecule has 0 aliphatic heterocycles. The molecule has 0 radical (unpaired) electrons. The molecule has 0 spiro atoms. The van der Waals surface area contributed by atoms with Crippen molar-refractivity contribution in [3.05, 3.63) is 29.6 Å². The van der Waals surface area contributed by atoms with Gasteiger partial charge in [0.25, 0.3) is 0 Å². The monoisotopic (exact) mass is 245 g/mol. The van der Waals surface area contributed by atoms with E-state index < -0.39 is 0 Å². The Morgan fingerprint density at radius 1 is 1.44 bits per heavy atom. The van der Waals surface area contributed by atoms with Gasteiger partial charge in [0, 0.05) is 12.7 Å². The maximum absolute atomic E-state index is 8.78. The molecule has 3 heteroatoms. The number of aromatic nitrogens is 1. The smallest absolute Gasteiger partial charge is 0.140 e. The van der Waals surface area contributed by atoms with E-state index >= 15 is 0 Å². The molecule has 0 fully saturated rings. The zero-order chi connectivity index (χ0) is 13.2. The number of rotatable bonds is 8. The van der Waals surface area contributed by atoms with Gasteiger partial charge in [-0.05, 0) is 36.6 Å². The topological polar surface area (TPSA) is 48.7 Å². The number of nitrogens with zero attached hydrogens (tertiary/aromatic N) is 2. The second kappa shape index (κ2) is 8.66. The Kier molecular flexibility index (Phi) is 7.05. The van der Waals surface area contributed by atoms with E-state index in [4.69, 9.17) is 5.26 Å². The van der Waals surface area contributed by atoms with Crippen molar-refractivity contribution in [2.45, 2.75) is 46.1 Å². The summed E-state index contributed by atoms with van der Waals surface area (Å²) in [4.78, 5) is 3.97. The van der Waals surface area contributed by atoms with Crippen molar-refractivity contribution in [3.63, 3.8) is 0 Å². The third-order valence-corrected chi connectivity index (χ3v) is 3.24. The van der Waals surface area contributed by atoms with Crippen molar-refractivity contribution in [1.29, 1.82) is 5.26 Å². The summed E-state index contributed by atoms with van der Waals surface area (Å²) in [6.45, 7) is 6.36. The summed E-state index contributed by atoms with van der Waals surface area (Å²) in [5.41, 5.74) is 1.62. The first-order valence-corrected chi connectivity index (χ1v) is 6.85. The lowest BCUT2D eigenvalue weighted by Gasteiger charge is -2.15. The highest BCUT2D eigenvalue weighted by Gasteiger charge is 2.05. The Labute approximate surface area is 110 Å². The second-order valence-electron chi connectivity index (χ2n) is 4.71. The summed E-state index contributed by atoms with van der Waals surface area (Å²) in [7, 11) is 0. The first kappa shape index (κ1) is 14.7. The van der Waals surface area contributed by atoms with Crippen LogP contribution in [0.4, 0.5) is 0 Å². The molecule has 1 aromatic rings. The number of hydrogen-bond acceptors (Lipinski definition) is 3. The number of nitriles is 1. The molecule has 1 heterocycles. The Hall–Kier alpha value is -1.40. The Bertz CT molecular complexity index is 382. The van der Waals surface area contributed by atoms with E-state index in [0.717, 1.165) is 24.6 Å². The molecule has 1 atom stereocenters. The van der Waals surface area contributed by atoms with E-state index in [1.54, 1.807) is 6.20 Å². The number of nitrogens with one attached hydrogen (secondary N) is 1. The van der Waals surface area contributed by atoms with Crippen molar-refractivity contribution in [3.8, 4) is 6.07 Å². The highest BCUT2D eigenvalue weighted by molar-refractivity contribution is 5.25. The summed E-state index contributed by atoms with van der Waals surface area (Å²) in [5.74, 6) is 0.766. The van der Waals surface area contributed by atoms with Gasteiger partial charge < -0.3 is 5.32 Å². The van der Waals surface area contributed by atoms with Gasteiger partial charge in [0.2, 0.25) is 0 Å². The third kappa shape index (κ3) is 5.29. The van der Waals surface area contributed by atoms with E-state index in [-0.39, 0.29) is 0 Å². The lowest BCUT2D eigenvalue weighted by molar-refractivity contribution is 0.419. The minimum atomic E-state index is 0.493. The Morgan fingerprint density at radius 2 is 2.28 bits per heavy atom. The van der Waals surface area contributed by atoms with Gasteiger partial charge in [-0.3, -0.25) is 0 Å². The van der Waals surface area contributed by atoms with Crippen molar-refractivity contribution < 1.29 is 0 Å². The molecule has 0 bridgehead atoms. The average Bonchev–Trinajstić information content (AvgIpc) is 2.43. The van der Waals surface area contributed by atoms with Crippen LogP contribution in [-0.4, -0.2) is 11.5 Å². The first-order chi connectivity index (χ1) is 8.80. The van der Waals surface area contributed by atoms with Gasteiger partial charge in [-0.2, -0.15) is 5.26 Å². The predicted molar refractivity (Wildman–Crippen MR) is 74.0 cm³/mol. The van der Waals surface area contributed by atoms with Gasteiger partial charge in [0.1, 0.15) is 11.8 Å². The summed E-state index contributed by atoms with van der Waals surface area (Å²) in [6, 6.07) is 5.87. The molecule has 98 valence electrons. The summed E-state index contributed by atoms with van der Waals surface area (Å²) >= 11 is 0. The average molecular weight is 245 g/mol. The van der Waals surface area contributed by atoms with Crippen LogP contribution in [0.1, 0.15) is 50.8 Å². The second-order valence-corrected chi connectivity index (χ2v) is 4.71. The summed E-state index contributed by atoms with van der Waals surface area (Å²) < 4.78 is 0. The molecule has 0 aliphatic rings. The van der Waals surface area contributed by atoms with Gasteiger partial charge in [-0.1, -0.05) is 33.1 Å². The first-order valence-electron chi connectivity index (χ1n) is 6.85. The fourth-order valence-corrected chi connectivity index (χ4v) is 2.01. The molecule has 3 nitrogen and oxygen atoms in total. The molecule has 0 aromatic carbocycles. The fourth-order valence-electron chi connectivity index (χ4n) is 2.01.